The van der Waals surface area contributed by atoms with Crippen LogP contribution in [0.4, 0.5) is 0 Å². The van der Waals surface area contributed by atoms with Gasteiger partial charge >= 0.3 is 0 Å². The molecule has 1 heterocycles. The molecular weight excluding hydrogens is 406 g/mol. The molecule has 0 radical (unpaired) electrons. The Morgan fingerprint density at radius 3 is 2.50 bits per heavy atom. The first kappa shape index (κ1) is 23.1. The van der Waals surface area contributed by atoms with Gasteiger partial charge in [0.2, 0.25) is 0 Å². The number of hydrogen-bond donors (Lipinski definition) is 1. The van der Waals surface area contributed by atoms with Crippen molar-refractivity contribution in [3.63, 3.8) is 0 Å². The van der Waals surface area contributed by atoms with Gasteiger partial charge in [-0.1, -0.05) is 50.3 Å². The number of hydrogen-bond acceptors (Lipinski definition) is 5. The molecule has 1 N–H and O–H groups in total. The highest BCUT2D eigenvalue weighted by atomic mass is 16.5. The second kappa shape index (κ2) is 10.7. The Morgan fingerprint density at radius 1 is 1.09 bits per heavy atom. The van der Waals surface area contributed by atoms with Gasteiger partial charge in [-0.15, -0.1) is 0 Å². The molecule has 168 valence electrons. The first-order valence-corrected chi connectivity index (χ1v) is 10.9. The number of carbonyl (C=O) groups is 2. The van der Waals surface area contributed by atoms with Crippen molar-refractivity contribution in [1.82, 2.24) is 4.90 Å². The third kappa shape index (κ3) is 4.85. The predicted molar refractivity (Wildman–Crippen MR) is 124 cm³/mol. The normalized spacial score (nSPS) is 17.4. The lowest BCUT2D eigenvalue weighted by Crippen LogP contribution is -2.30. The number of nitrogens with zero attached hydrogens (tertiary/aromatic N) is 1. The van der Waals surface area contributed by atoms with Crippen molar-refractivity contribution in [3.8, 4) is 11.5 Å². The number of Topliss-reactive ketones (excluding diaryl/α,β-unsaturated/α-hetero) is 1. The van der Waals surface area contributed by atoms with Gasteiger partial charge in [-0.05, 0) is 43.2 Å². The quantitative estimate of drug-likeness (QED) is 0.249. The average Bonchev–Trinajstić information content (AvgIpc) is 3.06. The SMILES string of the molecule is C=CCOc1cccc(C2/C(=C(/O)c3cccc(OCC)c3)C(=O)C(=O)N2CCCC)c1. The molecule has 1 fully saturated rings. The zero-order chi connectivity index (χ0) is 23.1. The Labute approximate surface area is 188 Å². The third-order valence-electron chi connectivity index (χ3n) is 5.25. The van der Waals surface area contributed by atoms with Crippen LogP contribution in [0.25, 0.3) is 5.76 Å². The zero-order valence-electron chi connectivity index (χ0n) is 18.5. The first-order valence-electron chi connectivity index (χ1n) is 10.9. The highest BCUT2D eigenvalue weighted by Crippen LogP contribution is 2.40. The summed E-state index contributed by atoms with van der Waals surface area (Å²) in [5, 5.41) is 11.2. The average molecular weight is 436 g/mol. The summed E-state index contributed by atoms with van der Waals surface area (Å²) in [6.07, 6.45) is 3.26. The van der Waals surface area contributed by atoms with Crippen molar-refractivity contribution in [2.24, 2.45) is 0 Å². The van der Waals surface area contributed by atoms with Crippen molar-refractivity contribution >= 4 is 17.4 Å². The number of ether oxygens (including phenoxy) is 2. The van der Waals surface area contributed by atoms with Crippen LogP contribution in [0.3, 0.4) is 0 Å². The number of aliphatic hydroxyl groups is 1. The lowest BCUT2D eigenvalue weighted by Gasteiger charge is -2.25. The minimum Gasteiger partial charge on any atom is -0.507 e. The molecule has 6 heteroatoms. The number of ketones is 1. The maximum absolute atomic E-state index is 13.1. The molecule has 1 aliphatic rings. The Morgan fingerprint density at radius 2 is 1.81 bits per heavy atom. The Bertz CT molecular complexity index is 1030. The van der Waals surface area contributed by atoms with Crippen molar-refractivity contribution < 1.29 is 24.2 Å². The van der Waals surface area contributed by atoms with E-state index < -0.39 is 17.7 Å². The molecule has 1 saturated heterocycles. The molecule has 32 heavy (non-hydrogen) atoms. The van der Waals surface area contributed by atoms with Crippen LogP contribution in [0.1, 0.15) is 43.9 Å². The molecule has 2 aromatic carbocycles. The summed E-state index contributed by atoms with van der Waals surface area (Å²) in [6.45, 7) is 8.78. The van der Waals surface area contributed by atoms with E-state index in [0.717, 1.165) is 12.8 Å². The van der Waals surface area contributed by atoms with Crippen LogP contribution in [0.2, 0.25) is 0 Å². The summed E-state index contributed by atoms with van der Waals surface area (Å²) < 4.78 is 11.2. The van der Waals surface area contributed by atoms with E-state index in [0.29, 0.717) is 42.4 Å². The molecule has 2 aromatic rings. The second-order valence-corrected chi connectivity index (χ2v) is 7.48. The van der Waals surface area contributed by atoms with Gasteiger partial charge in [0.15, 0.2) is 0 Å². The fourth-order valence-electron chi connectivity index (χ4n) is 3.77. The minimum atomic E-state index is -0.704. The van der Waals surface area contributed by atoms with Gasteiger partial charge in [0.1, 0.15) is 23.9 Å². The molecule has 0 saturated carbocycles. The second-order valence-electron chi connectivity index (χ2n) is 7.48. The topological polar surface area (TPSA) is 76.1 Å². The molecule has 6 nitrogen and oxygen atoms in total. The lowest BCUT2D eigenvalue weighted by atomic mass is 9.95. The van der Waals surface area contributed by atoms with Gasteiger partial charge in [0.25, 0.3) is 11.7 Å². The summed E-state index contributed by atoms with van der Waals surface area (Å²) in [4.78, 5) is 27.5. The van der Waals surface area contributed by atoms with E-state index in [4.69, 9.17) is 9.47 Å². The Hall–Kier alpha value is -3.54. The van der Waals surface area contributed by atoms with Crippen molar-refractivity contribution in [2.75, 3.05) is 19.8 Å². The van der Waals surface area contributed by atoms with Gasteiger partial charge in [-0.3, -0.25) is 9.59 Å². The summed E-state index contributed by atoms with van der Waals surface area (Å²) in [5.41, 5.74) is 1.19. The van der Waals surface area contributed by atoms with E-state index in [1.54, 1.807) is 42.5 Å². The van der Waals surface area contributed by atoms with Crippen molar-refractivity contribution in [1.29, 1.82) is 0 Å². The molecule has 0 aliphatic carbocycles. The number of aliphatic hydroxyl groups excluding tert-OH is 1. The lowest BCUT2D eigenvalue weighted by molar-refractivity contribution is -0.139. The largest absolute Gasteiger partial charge is 0.507 e. The van der Waals surface area contributed by atoms with Crippen LogP contribution in [0.5, 0.6) is 11.5 Å². The molecule has 1 amide bonds. The van der Waals surface area contributed by atoms with Gasteiger partial charge in [-0.2, -0.15) is 0 Å². The molecule has 0 bridgehead atoms. The van der Waals surface area contributed by atoms with Gasteiger partial charge in [0, 0.05) is 12.1 Å². The monoisotopic (exact) mass is 435 g/mol. The number of carbonyl (C=O) groups excluding carboxylic acids is 2. The fraction of sp³-hybridized carbons (Fsp3) is 0.308. The van der Waals surface area contributed by atoms with Crippen LogP contribution in [-0.2, 0) is 9.59 Å². The number of benzene rings is 2. The third-order valence-corrected chi connectivity index (χ3v) is 5.25. The van der Waals surface area contributed by atoms with Crippen LogP contribution >= 0.6 is 0 Å². The van der Waals surface area contributed by atoms with Crippen molar-refractivity contribution in [2.45, 2.75) is 32.7 Å². The zero-order valence-corrected chi connectivity index (χ0v) is 18.5. The highest BCUT2D eigenvalue weighted by molar-refractivity contribution is 6.46. The Balaban J connectivity index is 2.12. The number of amides is 1. The number of likely N-dealkylation sites (tertiary alicyclic amines) is 1. The van der Waals surface area contributed by atoms with E-state index in [9.17, 15) is 14.7 Å². The molecule has 1 atom stereocenters. The van der Waals surface area contributed by atoms with Crippen LogP contribution < -0.4 is 9.47 Å². The smallest absolute Gasteiger partial charge is 0.295 e. The molecule has 3 rings (SSSR count). The summed E-state index contributed by atoms with van der Waals surface area (Å²) in [7, 11) is 0. The maximum atomic E-state index is 13.1. The maximum Gasteiger partial charge on any atom is 0.295 e. The van der Waals surface area contributed by atoms with Crippen LogP contribution in [0.15, 0.2) is 66.8 Å². The van der Waals surface area contributed by atoms with E-state index in [1.807, 2.05) is 26.0 Å². The molecule has 0 aromatic heterocycles. The van der Waals surface area contributed by atoms with Crippen molar-refractivity contribution in [3.05, 3.63) is 77.9 Å². The van der Waals surface area contributed by atoms with Gasteiger partial charge in [0.05, 0.1) is 18.2 Å². The van der Waals surface area contributed by atoms with E-state index in [1.165, 1.54) is 4.90 Å². The number of unbranched alkanes of at least 4 members (excludes halogenated alkanes) is 1. The summed E-state index contributed by atoms with van der Waals surface area (Å²) in [6, 6.07) is 13.4. The van der Waals surface area contributed by atoms with E-state index in [-0.39, 0.29) is 11.3 Å². The Kier molecular flexibility index (Phi) is 7.71. The standard InChI is InChI=1S/C26H29NO5/c1-4-7-14-27-23(18-10-8-13-21(16-18)32-15-5-2)22(25(29)26(27)30)24(28)19-11-9-12-20(17-19)31-6-3/h5,8-13,16-17,23,28H,2,4,6-7,14-15H2,1,3H3/b24-22-. The van der Waals surface area contributed by atoms with Crippen LogP contribution in [0, 0.1) is 0 Å². The van der Waals surface area contributed by atoms with E-state index >= 15 is 0 Å². The molecular formula is C26H29NO5. The first-order chi connectivity index (χ1) is 15.5. The molecule has 1 aliphatic heterocycles. The fourth-order valence-corrected chi connectivity index (χ4v) is 3.77. The minimum absolute atomic E-state index is 0.0700. The van der Waals surface area contributed by atoms with Gasteiger partial charge < -0.3 is 19.5 Å². The summed E-state index contributed by atoms with van der Waals surface area (Å²) in [5.74, 6) is -0.340. The molecule has 1 unspecified atom stereocenters. The van der Waals surface area contributed by atoms with Crippen LogP contribution in [-0.4, -0.2) is 41.5 Å². The summed E-state index contributed by atoms with van der Waals surface area (Å²) >= 11 is 0. The molecule has 0 spiro atoms. The number of rotatable bonds is 10. The van der Waals surface area contributed by atoms with E-state index in [2.05, 4.69) is 6.58 Å². The predicted octanol–water partition coefficient (Wildman–Crippen LogP) is 4.87. The van der Waals surface area contributed by atoms with Gasteiger partial charge in [-0.25, -0.2) is 0 Å². The highest BCUT2D eigenvalue weighted by Gasteiger charge is 2.45.